The van der Waals surface area contributed by atoms with Crippen LogP contribution in [-0.2, 0) is 0 Å². The molecule has 0 radical (unpaired) electrons. The van der Waals surface area contributed by atoms with Gasteiger partial charge in [0, 0.05) is 12.1 Å². The van der Waals surface area contributed by atoms with E-state index in [0.29, 0.717) is 5.69 Å². The fourth-order valence-electron chi connectivity index (χ4n) is 1.70. The number of aromatic nitrogens is 2. The average molecular weight is 245 g/mol. The molecule has 18 heavy (non-hydrogen) atoms. The Hall–Kier alpha value is -1.97. The average Bonchev–Trinajstić information content (AvgIpc) is 2.39. The summed E-state index contributed by atoms with van der Waals surface area (Å²) in [4.78, 5) is 8.58. The van der Waals surface area contributed by atoms with Gasteiger partial charge >= 0.3 is 0 Å². The Morgan fingerprint density at radius 2 is 2.11 bits per heavy atom. The van der Waals surface area contributed by atoms with Crippen LogP contribution in [0.15, 0.2) is 30.6 Å². The van der Waals surface area contributed by atoms with Crippen molar-refractivity contribution in [2.24, 2.45) is 0 Å². The fourth-order valence-corrected chi connectivity index (χ4v) is 1.70. The molecule has 0 aliphatic carbocycles. The standard InChI is InChI=1S/C14H16FN3/c1-3-6-17-14-9-16-8-13(18-14)12-7-11(15)5-4-10(12)2/h4-5,7-9H,3,6H2,1-2H3,(H,17,18). The van der Waals surface area contributed by atoms with E-state index in [1.807, 2.05) is 6.92 Å². The zero-order chi connectivity index (χ0) is 13.0. The van der Waals surface area contributed by atoms with E-state index < -0.39 is 0 Å². The predicted octanol–water partition coefficient (Wildman–Crippen LogP) is 3.41. The van der Waals surface area contributed by atoms with E-state index in [-0.39, 0.29) is 5.82 Å². The van der Waals surface area contributed by atoms with Gasteiger partial charge in [-0.2, -0.15) is 0 Å². The maximum atomic E-state index is 13.3. The van der Waals surface area contributed by atoms with Crippen LogP contribution >= 0.6 is 0 Å². The number of hydrogen-bond donors (Lipinski definition) is 1. The van der Waals surface area contributed by atoms with Gasteiger partial charge in [-0.25, -0.2) is 9.37 Å². The predicted molar refractivity (Wildman–Crippen MR) is 70.9 cm³/mol. The highest BCUT2D eigenvalue weighted by Gasteiger charge is 2.06. The largest absolute Gasteiger partial charge is 0.369 e. The van der Waals surface area contributed by atoms with Gasteiger partial charge in [-0.15, -0.1) is 0 Å². The van der Waals surface area contributed by atoms with Crippen LogP contribution in [0.1, 0.15) is 18.9 Å². The van der Waals surface area contributed by atoms with Crippen LogP contribution in [0.25, 0.3) is 11.3 Å². The summed E-state index contributed by atoms with van der Waals surface area (Å²) in [6.07, 6.45) is 4.34. The normalized spacial score (nSPS) is 10.4. The van der Waals surface area contributed by atoms with E-state index in [9.17, 15) is 4.39 Å². The highest BCUT2D eigenvalue weighted by Crippen LogP contribution is 2.22. The first kappa shape index (κ1) is 12.5. The number of aryl methyl sites for hydroxylation is 1. The van der Waals surface area contributed by atoms with E-state index in [1.165, 1.54) is 12.1 Å². The number of hydrogen-bond acceptors (Lipinski definition) is 3. The van der Waals surface area contributed by atoms with E-state index in [4.69, 9.17) is 0 Å². The summed E-state index contributed by atoms with van der Waals surface area (Å²) < 4.78 is 13.3. The number of nitrogens with zero attached hydrogens (tertiary/aromatic N) is 2. The van der Waals surface area contributed by atoms with Gasteiger partial charge in [0.25, 0.3) is 0 Å². The first-order valence-electron chi connectivity index (χ1n) is 6.03. The molecular weight excluding hydrogens is 229 g/mol. The molecule has 2 aromatic rings. The fraction of sp³-hybridized carbons (Fsp3) is 0.286. The molecule has 1 heterocycles. The molecule has 1 N–H and O–H groups in total. The summed E-state index contributed by atoms with van der Waals surface area (Å²) >= 11 is 0. The minimum absolute atomic E-state index is 0.260. The van der Waals surface area contributed by atoms with Gasteiger partial charge in [0.2, 0.25) is 0 Å². The third-order valence-corrected chi connectivity index (χ3v) is 2.67. The lowest BCUT2D eigenvalue weighted by molar-refractivity contribution is 0.628. The van der Waals surface area contributed by atoms with Crippen molar-refractivity contribution in [1.82, 2.24) is 9.97 Å². The second-order valence-corrected chi connectivity index (χ2v) is 4.18. The number of nitrogens with one attached hydrogen (secondary N) is 1. The van der Waals surface area contributed by atoms with Gasteiger partial charge in [-0.05, 0) is 31.0 Å². The molecule has 0 unspecified atom stereocenters. The number of halogens is 1. The monoisotopic (exact) mass is 245 g/mol. The smallest absolute Gasteiger partial charge is 0.145 e. The Balaban J connectivity index is 2.35. The third kappa shape index (κ3) is 2.83. The van der Waals surface area contributed by atoms with Crippen LogP contribution in [0, 0.1) is 12.7 Å². The molecule has 0 saturated heterocycles. The van der Waals surface area contributed by atoms with Crippen molar-refractivity contribution in [2.45, 2.75) is 20.3 Å². The Labute approximate surface area is 106 Å². The number of benzene rings is 1. The molecule has 1 aromatic heterocycles. The Morgan fingerprint density at radius 1 is 1.28 bits per heavy atom. The second kappa shape index (κ2) is 5.58. The Kier molecular flexibility index (Phi) is 3.87. The van der Waals surface area contributed by atoms with Gasteiger partial charge < -0.3 is 5.32 Å². The number of anilines is 1. The Bertz CT molecular complexity index is 540. The summed E-state index contributed by atoms with van der Waals surface area (Å²) in [7, 11) is 0. The molecule has 0 aliphatic rings. The van der Waals surface area contributed by atoms with Crippen molar-refractivity contribution in [3.63, 3.8) is 0 Å². The topological polar surface area (TPSA) is 37.8 Å². The van der Waals surface area contributed by atoms with Crippen molar-refractivity contribution < 1.29 is 4.39 Å². The summed E-state index contributed by atoms with van der Waals surface area (Å²) in [6.45, 7) is 4.86. The first-order valence-corrected chi connectivity index (χ1v) is 6.03. The van der Waals surface area contributed by atoms with Crippen LogP contribution in [-0.4, -0.2) is 16.5 Å². The van der Waals surface area contributed by atoms with Crippen molar-refractivity contribution in [2.75, 3.05) is 11.9 Å². The Morgan fingerprint density at radius 3 is 2.89 bits per heavy atom. The van der Waals surface area contributed by atoms with Crippen LogP contribution in [0.5, 0.6) is 0 Å². The first-order chi connectivity index (χ1) is 8.70. The third-order valence-electron chi connectivity index (χ3n) is 2.67. The zero-order valence-corrected chi connectivity index (χ0v) is 10.6. The van der Waals surface area contributed by atoms with Gasteiger partial charge in [0.05, 0.1) is 18.1 Å². The molecule has 94 valence electrons. The molecule has 1 aromatic carbocycles. The van der Waals surface area contributed by atoms with E-state index in [1.54, 1.807) is 18.5 Å². The molecule has 3 nitrogen and oxygen atoms in total. The van der Waals surface area contributed by atoms with Gasteiger partial charge in [-0.1, -0.05) is 13.0 Å². The zero-order valence-electron chi connectivity index (χ0n) is 10.6. The minimum Gasteiger partial charge on any atom is -0.369 e. The molecule has 4 heteroatoms. The van der Waals surface area contributed by atoms with Crippen LogP contribution < -0.4 is 5.32 Å². The lowest BCUT2D eigenvalue weighted by atomic mass is 10.1. The maximum absolute atomic E-state index is 13.3. The molecule has 0 aliphatic heterocycles. The van der Waals surface area contributed by atoms with E-state index in [0.717, 1.165) is 29.9 Å². The van der Waals surface area contributed by atoms with Crippen molar-refractivity contribution >= 4 is 5.82 Å². The van der Waals surface area contributed by atoms with E-state index in [2.05, 4.69) is 22.2 Å². The molecule has 0 bridgehead atoms. The summed E-state index contributed by atoms with van der Waals surface area (Å²) in [5, 5.41) is 3.17. The van der Waals surface area contributed by atoms with Crippen molar-refractivity contribution in [3.05, 3.63) is 42.0 Å². The molecule has 0 spiro atoms. The molecule has 0 fully saturated rings. The van der Waals surface area contributed by atoms with Gasteiger partial charge in [0.15, 0.2) is 0 Å². The molecule has 0 amide bonds. The quantitative estimate of drug-likeness (QED) is 0.897. The molecule has 0 atom stereocenters. The highest BCUT2D eigenvalue weighted by atomic mass is 19.1. The molecular formula is C14H16FN3. The van der Waals surface area contributed by atoms with Crippen molar-refractivity contribution in [3.8, 4) is 11.3 Å². The second-order valence-electron chi connectivity index (χ2n) is 4.18. The van der Waals surface area contributed by atoms with Crippen LogP contribution in [0.2, 0.25) is 0 Å². The van der Waals surface area contributed by atoms with Crippen LogP contribution in [0.3, 0.4) is 0 Å². The van der Waals surface area contributed by atoms with Crippen molar-refractivity contribution in [1.29, 1.82) is 0 Å². The molecule has 2 rings (SSSR count). The summed E-state index contributed by atoms with van der Waals surface area (Å²) in [5.41, 5.74) is 2.45. The van der Waals surface area contributed by atoms with Gasteiger partial charge in [-0.3, -0.25) is 4.98 Å². The highest BCUT2D eigenvalue weighted by molar-refractivity contribution is 5.63. The lowest BCUT2D eigenvalue weighted by Crippen LogP contribution is -2.03. The van der Waals surface area contributed by atoms with Crippen LogP contribution in [0.4, 0.5) is 10.2 Å². The minimum atomic E-state index is -0.260. The molecule has 0 saturated carbocycles. The maximum Gasteiger partial charge on any atom is 0.145 e. The lowest BCUT2D eigenvalue weighted by Gasteiger charge is -2.08. The SMILES string of the molecule is CCCNc1cncc(-c2cc(F)ccc2C)n1. The van der Waals surface area contributed by atoms with Gasteiger partial charge in [0.1, 0.15) is 11.6 Å². The number of rotatable bonds is 4. The summed E-state index contributed by atoms with van der Waals surface area (Å²) in [5.74, 6) is 0.460. The summed E-state index contributed by atoms with van der Waals surface area (Å²) in [6, 6.07) is 4.69. The van der Waals surface area contributed by atoms with E-state index >= 15 is 0 Å².